The van der Waals surface area contributed by atoms with Crippen LogP contribution < -0.4 is 14.7 Å². The average molecular weight is 439 g/mol. The molecule has 3 aromatic rings. The van der Waals surface area contributed by atoms with Crippen LogP contribution in [0.4, 0.5) is 17.6 Å². The standard InChI is InChI=1S/C22H27ClN8/c1-16-13-20(29-7-5-28(2)6-8-29)27-22(25-16)31-11-9-30(10-12-31)21-15-24-19-14-17(23)3-4-18(19)26-21/h3-4,13-15H,5-12H2,1-2H3. The number of fused-ring (bicyclic) bond motifs is 1. The van der Waals surface area contributed by atoms with E-state index in [1.807, 2.05) is 24.4 Å². The maximum atomic E-state index is 6.06. The molecule has 2 fully saturated rings. The van der Waals surface area contributed by atoms with E-state index in [1.165, 1.54) is 0 Å². The Morgan fingerprint density at radius 1 is 0.742 bits per heavy atom. The van der Waals surface area contributed by atoms with Crippen LogP contribution in [0.3, 0.4) is 0 Å². The molecule has 2 aromatic heterocycles. The molecule has 0 bridgehead atoms. The molecule has 0 atom stereocenters. The second-order valence-corrected chi connectivity index (χ2v) is 8.73. The van der Waals surface area contributed by atoms with Gasteiger partial charge in [-0.1, -0.05) is 11.6 Å². The average Bonchev–Trinajstić information content (AvgIpc) is 2.79. The van der Waals surface area contributed by atoms with Gasteiger partial charge in [0.25, 0.3) is 0 Å². The van der Waals surface area contributed by atoms with Gasteiger partial charge in [-0.15, -0.1) is 0 Å². The molecule has 0 spiro atoms. The summed E-state index contributed by atoms with van der Waals surface area (Å²) in [6.07, 6.45) is 1.84. The van der Waals surface area contributed by atoms with Crippen molar-refractivity contribution >= 4 is 40.2 Å². The quantitative estimate of drug-likeness (QED) is 0.618. The lowest BCUT2D eigenvalue weighted by molar-refractivity contribution is 0.312. The number of piperazine rings is 2. The summed E-state index contributed by atoms with van der Waals surface area (Å²) >= 11 is 6.06. The number of aryl methyl sites for hydroxylation is 1. The van der Waals surface area contributed by atoms with E-state index in [-0.39, 0.29) is 0 Å². The van der Waals surface area contributed by atoms with Gasteiger partial charge in [-0.05, 0) is 32.2 Å². The summed E-state index contributed by atoms with van der Waals surface area (Å²) in [7, 11) is 2.17. The number of benzene rings is 1. The van der Waals surface area contributed by atoms with Gasteiger partial charge in [0.05, 0.1) is 17.2 Å². The van der Waals surface area contributed by atoms with Crippen LogP contribution in [0.15, 0.2) is 30.5 Å². The Hall–Kier alpha value is -2.71. The van der Waals surface area contributed by atoms with Crippen molar-refractivity contribution < 1.29 is 0 Å². The van der Waals surface area contributed by atoms with Crippen molar-refractivity contribution in [1.29, 1.82) is 0 Å². The van der Waals surface area contributed by atoms with E-state index in [1.54, 1.807) is 0 Å². The third kappa shape index (κ3) is 4.36. The molecule has 0 amide bonds. The fraction of sp³-hybridized carbons (Fsp3) is 0.455. The van der Waals surface area contributed by atoms with E-state index >= 15 is 0 Å². The van der Waals surface area contributed by atoms with Gasteiger partial charge in [0.15, 0.2) is 0 Å². The molecule has 1 aromatic carbocycles. The molecular formula is C22H27ClN8. The van der Waals surface area contributed by atoms with Crippen LogP contribution in [0, 0.1) is 6.92 Å². The summed E-state index contributed by atoms with van der Waals surface area (Å²) in [4.78, 5) is 28.2. The Bertz CT molecular complexity index is 1070. The Kier molecular flexibility index (Phi) is 5.50. The van der Waals surface area contributed by atoms with Crippen LogP contribution in [0.5, 0.6) is 0 Å². The van der Waals surface area contributed by atoms with Gasteiger partial charge in [0.1, 0.15) is 11.6 Å². The van der Waals surface area contributed by atoms with E-state index in [0.717, 1.165) is 86.7 Å². The van der Waals surface area contributed by atoms with Gasteiger partial charge in [-0.2, -0.15) is 4.98 Å². The molecule has 2 aliphatic heterocycles. The highest BCUT2D eigenvalue weighted by molar-refractivity contribution is 6.31. The summed E-state index contributed by atoms with van der Waals surface area (Å²) in [6.45, 7) is 9.61. The summed E-state index contributed by atoms with van der Waals surface area (Å²) < 4.78 is 0. The second-order valence-electron chi connectivity index (χ2n) is 8.29. The maximum absolute atomic E-state index is 6.06. The van der Waals surface area contributed by atoms with E-state index in [4.69, 9.17) is 26.6 Å². The number of aromatic nitrogens is 4. The van der Waals surface area contributed by atoms with Crippen molar-refractivity contribution in [3.63, 3.8) is 0 Å². The second kappa shape index (κ2) is 8.43. The Morgan fingerprint density at radius 3 is 2.19 bits per heavy atom. The monoisotopic (exact) mass is 438 g/mol. The molecule has 4 heterocycles. The molecule has 9 heteroatoms. The number of nitrogens with zero attached hydrogens (tertiary/aromatic N) is 8. The molecule has 0 radical (unpaired) electrons. The van der Waals surface area contributed by atoms with Crippen LogP contribution in [0.2, 0.25) is 5.02 Å². The lowest BCUT2D eigenvalue weighted by Crippen LogP contribution is -2.48. The maximum Gasteiger partial charge on any atom is 0.227 e. The van der Waals surface area contributed by atoms with Crippen LogP contribution in [0.1, 0.15) is 5.69 Å². The minimum atomic E-state index is 0.678. The molecule has 0 N–H and O–H groups in total. The highest BCUT2D eigenvalue weighted by Crippen LogP contribution is 2.23. The van der Waals surface area contributed by atoms with Crippen molar-refractivity contribution in [3.8, 4) is 0 Å². The van der Waals surface area contributed by atoms with Crippen LogP contribution in [0.25, 0.3) is 11.0 Å². The largest absolute Gasteiger partial charge is 0.354 e. The number of hydrogen-bond donors (Lipinski definition) is 0. The smallest absolute Gasteiger partial charge is 0.227 e. The number of anilines is 3. The minimum Gasteiger partial charge on any atom is -0.354 e. The molecule has 0 unspecified atom stereocenters. The fourth-order valence-electron chi connectivity index (χ4n) is 4.14. The van der Waals surface area contributed by atoms with E-state index < -0.39 is 0 Å². The van der Waals surface area contributed by atoms with Crippen molar-refractivity contribution in [2.45, 2.75) is 6.92 Å². The lowest BCUT2D eigenvalue weighted by Gasteiger charge is -2.36. The Labute approximate surface area is 187 Å². The first kappa shape index (κ1) is 20.2. The Morgan fingerprint density at radius 2 is 1.42 bits per heavy atom. The molecule has 2 saturated heterocycles. The first-order valence-electron chi connectivity index (χ1n) is 10.8. The van der Waals surface area contributed by atoms with Gasteiger partial charge in [-0.3, -0.25) is 4.98 Å². The van der Waals surface area contributed by atoms with E-state index in [2.05, 4.69) is 44.6 Å². The van der Waals surface area contributed by atoms with Gasteiger partial charge in [0.2, 0.25) is 5.95 Å². The van der Waals surface area contributed by atoms with Crippen LogP contribution in [-0.4, -0.2) is 84.2 Å². The summed E-state index contributed by atoms with van der Waals surface area (Å²) in [5.41, 5.74) is 2.70. The zero-order chi connectivity index (χ0) is 21.4. The molecule has 31 heavy (non-hydrogen) atoms. The summed E-state index contributed by atoms with van der Waals surface area (Å²) in [5, 5.41) is 0.678. The molecule has 5 rings (SSSR count). The van der Waals surface area contributed by atoms with E-state index in [9.17, 15) is 0 Å². The minimum absolute atomic E-state index is 0.678. The first-order valence-corrected chi connectivity index (χ1v) is 11.1. The number of hydrogen-bond acceptors (Lipinski definition) is 8. The van der Waals surface area contributed by atoms with Gasteiger partial charge in [-0.25, -0.2) is 9.97 Å². The highest BCUT2D eigenvalue weighted by Gasteiger charge is 2.23. The van der Waals surface area contributed by atoms with Crippen LogP contribution >= 0.6 is 11.6 Å². The first-order chi connectivity index (χ1) is 15.0. The van der Waals surface area contributed by atoms with Gasteiger partial charge in [0, 0.05) is 69.1 Å². The fourth-order valence-corrected chi connectivity index (χ4v) is 4.30. The number of likely N-dealkylation sites (N-methyl/N-ethyl adjacent to an activating group) is 1. The third-order valence-electron chi connectivity index (χ3n) is 6.03. The molecule has 2 aliphatic rings. The normalized spacial score (nSPS) is 18.1. The lowest BCUT2D eigenvalue weighted by atomic mass is 10.3. The molecule has 8 nitrogen and oxygen atoms in total. The summed E-state index contributed by atoms with van der Waals surface area (Å²) in [5.74, 6) is 2.77. The molecular weight excluding hydrogens is 412 g/mol. The zero-order valence-corrected chi connectivity index (χ0v) is 18.8. The van der Waals surface area contributed by atoms with Crippen molar-refractivity contribution in [2.75, 3.05) is 74.1 Å². The van der Waals surface area contributed by atoms with Gasteiger partial charge >= 0.3 is 0 Å². The Balaban J connectivity index is 1.29. The van der Waals surface area contributed by atoms with Gasteiger partial charge < -0.3 is 19.6 Å². The van der Waals surface area contributed by atoms with Crippen molar-refractivity contribution in [2.24, 2.45) is 0 Å². The molecule has 162 valence electrons. The topological polar surface area (TPSA) is 64.5 Å². The van der Waals surface area contributed by atoms with Crippen molar-refractivity contribution in [1.82, 2.24) is 24.8 Å². The highest BCUT2D eigenvalue weighted by atomic mass is 35.5. The number of rotatable bonds is 3. The number of halogens is 1. The summed E-state index contributed by atoms with van der Waals surface area (Å²) in [6, 6.07) is 7.72. The molecule has 0 aliphatic carbocycles. The van der Waals surface area contributed by atoms with E-state index in [0.29, 0.717) is 5.02 Å². The molecule has 0 saturated carbocycles. The zero-order valence-electron chi connectivity index (χ0n) is 18.0. The predicted octanol–water partition coefficient (Wildman–Crippen LogP) is 2.46. The van der Waals surface area contributed by atoms with Crippen LogP contribution in [-0.2, 0) is 0 Å². The SMILES string of the molecule is Cc1cc(N2CCN(C)CC2)nc(N2CCN(c3cnc4cc(Cl)ccc4n3)CC2)n1. The third-order valence-corrected chi connectivity index (χ3v) is 6.27. The van der Waals surface area contributed by atoms with Crippen molar-refractivity contribution in [3.05, 3.63) is 41.2 Å². The predicted molar refractivity (Wildman–Crippen MR) is 125 cm³/mol.